The molecule has 0 aromatic carbocycles. The van der Waals surface area contributed by atoms with Gasteiger partial charge in [0.25, 0.3) is 0 Å². The summed E-state index contributed by atoms with van der Waals surface area (Å²) in [6.07, 6.45) is 8.59. The van der Waals surface area contributed by atoms with Crippen LogP contribution >= 0.6 is 23.5 Å². The van der Waals surface area contributed by atoms with Gasteiger partial charge in [-0.15, -0.1) is 0 Å². The van der Waals surface area contributed by atoms with Gasteiger partial charge >= 0.3 is 0 Å². The van der Waals surface area contributed by atoms with Crippen LogP contribution in [0.2, 0.25) is 0 Å². The summed E-state index contributed by atoms with van der Waals surface area (Å²) in [5.74, 6) is 0. The predicted octanol–water partition coefficient (Wildman–Crippen LogP) is 3.96. The van der Waals surface area contributed by atoms with Crippen LogP contribution < -0.4 is 0 Å². The van der Waals surface area contributed by atoms with Crippen molar-refractivity contribution >= 4 is 29.8 Å². The molecule has 0 bridgehead atoms. The van der Waals surface area contributed by atoms with Crippen molar-refractivity contribution in [2.24, 2.45) is 0 Å². The third-order valence-corrected chi connectivity index (χ3v) is 4.26. The van der Waals surface area contributed by atoms with E-state index < -0.39 is 0 Å². The average Bonchev–Trinajstić information content (AvgIpc) is 2.64. The second kappa shape index (κ2) is 8.15. The first-order valence-corrected chi connectivity index (χ1v) is 7.25. The minimum atomic E-state index is -0.206. The Morgan fingerprint density at radius 3 is 2.75 bits per heavy atom. The van der Waals surface area contributed by atoms with Crippen LogP contribution in [0.3, 0.4) is 0 Å². The van der Waals surface area contributed by atoms with Crippen LogP contribution in [0.15, 0.2) is 10.4 Å². The van der Waals surface area contributed by atoms with Gasteiger partial charge in [-0.2, -0.15) is 0 Å². The molecule has 0 radical (unpaired) electrons. The van der Waals surface area contributed by atoms with E-state index in [4.69, 9.17) is 11.6 Å². The van der Waals surface area contributed by atoms with Crippen molar-refractivity contribution in [3.8, 4) is 0 Å². The molecule has 0 saturated carbocycles. The van der Waals surface area contributed by atoms with Crippen LogP contribution in [-0.4, -0.2) is 23.2 Å². The molecule has 0 fully saturated rings. The first-order chi connectivity index (χ1) is 7.79. The first-order valence-electron chi connectivity index (χ1n) is 6.04. The fourth-order valence-corrected chi connectivity index (χ4v) is 3.01. The van der Waals surface area contributed by atoms with Crippen molar-refractivity contribution in [2.45, 2.75) is 51.5 Å². The van der Waals surface area contributed by atoms with Crippen molar-refractivity contribution in [1.29, 1.82) is 0 Å². The maximum atomic E-state index is 10.8. The quantitative estimate of drug-likeness (QED) is 0.375. The van der Waals surface area contributed by atoms with Crippen molar-refractivity contribution in [3.05, 3.63) is 10.4 Å². The minimum Gasteiger partial charge on any atom is -0.301 e. The number of rotatable bonds is 8. The lowest BCUT2D eigenvalue weighted by molar-refractivity contribution is -0.109. The van der Waals surface area contributed by atoms with E-state index in [1.54, 1.807) is 11.9 Å². The fraction of sp³-hybridized carbons (Fsp3) is 0.750. The summed E-state index contributed by atoms with van der Waals surface area (Å²) < 4.78 is 2.06. The number of hydrogen-bond acceptors (Lipinski definition) is 3. The molecular weight excluding hydrogens is 242 g/mol. The van der Waals surface area contributed by atoms with E-state index in [9.17, 15) is 4.79 Å². The van der Waals surface area contributed by atoms with Gasteiger partial charge in [0.05, 0.1) is 5.03 Å². The van der Waals surface area contributed by atoms with Crippen LogP contribution in [0.4, 0.5) is 0 Å². The van der Waals surface area contributed by atoms with Crippen molar-refractivity contribution in [3.63, 3.8) is 0 Å². The molecule has 1 aliphatic heterocycles. The lowest BCUT2D eigenvalue weighted by Crippen LogP contribution is -2.28. The van der Waals surface area contributed by atoms with Crippen LogP contribution in [0, 0.1) is 0 Å². The van der Waals surface area contributed by atoms with Gasteiger partial charge in [0.2, 0.25) is 0 Å². The third-order valence-electron chi connectivity index (χ3n) is 2.75. The molecule has 0 aliphatic carbocycles. The number of carbonyl (C=O) groups excluding carboxylic acids is 1. The average molecular weight is 262 g/mol. The minimum absolute atomic E-state index is 0.206. The topological polar surface area (TPSA) is 20.3 Å². The normalized spacial score (nSPS) is 21.1. The number of hydrogen-bond donors (Lipinski definition) is 0. The largest absolute Gasteiger partial charge is 0.301 e. The predicted molar refractivity (Wildman–Crippen MR) is 71.5 cm³/mol. The number of nitrogens with zero attached hydrogens (tertiary/aromatic N) is 1. The molecule has 92 valence electrons. The molecule has 0 aromatic rings. The Labute approximate surface area is 108 Å². The molecule has 16 heavy (non-hydrogen) atoms. The molecule has 1 rings (SSSR count). The summed E-state index contributed by atoms with van der Waals surface area (Å²) in [5.41, 5.74) is 0. The Balaban J connectivity index is 2.08. The van der Waals surface area contributed by atoms with Gasteiger partial charge in [0.15, 0.2) is 0 Å². The highest BCUT2D eigenvalue weighted by Gasteiger charge is 2.25. The van der Waals surface area contributed by atoms with Gasteiger partial charge in [0.1, 0.15) is 12.3 Å². The van der Waals surface area contributed by atoms with E-state index in [0.29, 0.717) is 5.03 Å². The molecule has 1 heterocycles. The lowest BCUT2D eigenvalue weighted by Gasteiger charge is -2.18. The molecule has 0 N–H and O–H groups in total. The van der Waals surface area contributed by atoms with Gasteiger partial charge < -0.3 is 4.79 Å². The second-order valence-corrected chi connectivity index (χ2v) is 5.45. The molecule has 0 amide bonds. The molecule has 1 aliphatic rings. The van der Waals surface area contributed by atoms with Crippen molar-refractivity contribution < 1.29 is 4.79 Å². The highest BCUT2D eigenvalue weighted by Crippen LogP contribution is 2.31. The Hall–Kier alpha value is 0.01000. The summed E-state index contributed by atoms with van der Waals surface area (Å²) in [5, 5.41) is 2.52. The number of unbranched alkanes of at least 4 members (excludes halogenated alkanes) is 5. The molecule has 0 spiro atoms. The smallest absolute Gasteiger partial charge is 0.143 e. The first kappa shape index (κ1) is 14.1. The summed E-state index contributed by atoms with van der Waals surface area (Å²) in [6, 6.07) is -0.206. The van der Waals surface area contributed by atoms with Crippen LogP contribution in [0.25, 0.3) is 0 Å². The van der Waals surface area contributed by atoms with Gasteiger partial charge in [-0.1, -0.05) is 50.6 Å². The van der Waals surface area contributed by atoms with E-state index in [-0.39, 0.29) is 6.04 Å². The third kappa shape index (κ3) is 4.48. The van der Waals surface area contributed by atoms with Gasteiger partial charge in [-0.05, 0) is 18.4 Å². The summed E-state index contributed by atoms with van der Waals surface area (Å²) in [7, 11) is 0. The molecule has 0 saturated heterocycles. The van der Waals surface area contributed by atoms with Gasteiger partial charge in [0, 0.05) is 12.0 Å². The highest BCUT2D eigenvalue weighted by molar-refractivity contribution is 8.00. The standard InChI is InChI=1S/C12H20ClNOS/c1-2-3-4-5-6-7-8-14-12(9-15)11(13)10-16-14/h9-10,12H,2-8H2,1H3. The van der Waals surface area contributed by atoms with Crippen molar-refractivity contribution in [1.82, 2.24) is 4.31 Å². The van der Waals surface area contributed by atoms with Crippen LogP contribution in [0.1, 0.15) is 45.4 Å². The molecule has 2 nitrogen and oxygen atoms in total. The Morgan fingerprint density at radius 1 is 1.38 bits per heavy atom. The zero-order valence-corrected chi connectivity index (χ0v) is 11.4. The molecule has 0 aromatic heterocycles. The fourth-order valence-electron chi connectivity index (χ4n) is 1.76. The monoisotopic (exact) mass is 261 g/mol. The lowest BCUT2D eigenvalue weighted by atomic mass is 10.1. The molecule has 1 unspecified atom stereocenters. The van der Waals surface area contributed by atoms with Gasteiger partial charge in [-0.25, -0.2) is 4.31 Å². The van der Waals surface area contributed by atoms with E-state index in [0.717, 1.165) is 19.3 Å². The second-order valence-electron chi connectivity index (χ2n) is 4.10. The molecule has 1 atom stereocenters. The maximum absolute atomic E-state index is 10.8. The Kier molecular flexibility index (Phi) is 7.17. The molecule has 4 heteroatoms. The summed E-state index contributed by atoms with van der Waals surface area (Å²) in [4.78, 5) is 10.8. The zero-order valence-electron chi connectivity index (χ0n) is 9.82. The van der Waals surface area contributed by atoms with E-state index >= 15 is 0 Å². The van der Waals surface area contributed by atoms with Crippen molar-refractivity contribution in [2.75, 3.05) is 6.54 Å². The number of carbonyl (C=O) groups is 1. The number of halogens is 1. The SMILES string of the molecule is CCCCCCCCN1SC=C(Cl)C1C=O. The molecular formula is C12H20ClNOS. The Bertz CT molecular complexity index is 245. The summed E-state index contributed by atoms with van der Waals surface area (Å²) >= 11 is 7.48. The zero-order chi connectivity index (χ0) is 11.8. The number of aldehydes is 1. The van der Waals surface area contributed by atoms with E-state index in [2.05, 4.69) is 11.2 Å². The highest BCUT2D eigenvalue weighted by atomic mass is 35.5. The summed E-state index contributed by atoms with van der Waals surface area (Å²) in [6.45, 7) is 3.18. The van der Waals surface area contributed by atoms with Crippen LogP contribution in [-0.2, 0) is 4.79 Å². The Morgan fingerprint density at radius 2 is 2.06 bits per heavy atom. The maximum Gasteiger partial charge on any atom is 0.143 e. The van der Waals surface area contributed by atoms with Crippen LogP contribution in [0.5, 0.6) is 0 Å². The van der Waals surface area contributed by atoms with E-state index in [1.165, 1.54) is 32.1 Å². The van der Waals surface area contributed by atoms with Gasteiger partial charge in [-0.3, -0.25) is 0 Å². The van der Waals surface area contributed by atoms with E-state index in [1.807, 2.05) is 5.41 Å².